The van der Waals surface area contributed by atoms with Gasteiger partial charge in [-0.05, 0) is 122 Å². The van der Waals surface area contributed by atoms with Crippen molar-refractivity contribution in [3.05, 3.63) is 0 Å². The third-order valence-electron chi connectivity index (χ3n) is 11.5. The van der Waals surface area contributed by atoms with E-state index in [1.54, 1.807) is 0 Å². The van der Waals surface area contributed by atoms with Crippen LogP contribution in [-0.4, -0.2) is 100 Å². The van der Waals surface area contributed by atoms with Crippen molar-refractivity contribution < 1.29 is 43.1 Å². The molecular formula is C52H103NO9. The second kappa shape index (κ2) is 50.7. The van der Waals surface area contributed by atoms with E-state index in [0.29, 0.717) is 26.1 Å². The monoisotopic (exact) mass is 886 g/mol. The summed E-state index contributed by atoms with van der Waals surface area (Å²) >= 11 is 0. The average Bonchev–Trinajstić information content (AvgIpc) is 3.27. The molecule has 0 fully saturated rings. The molecule has 1 N–H and O–H groups in total. The van der Waals surface area contributed by atoms with Crippen molar-refractivity contribution in [1.82, 2.24) is 4.90 Å². The first-order chi connectivity index (χ1) is 30.5. The summed E-state index contributed by atoms with van der Waals surface area (Å²) in [5.74, 6) is -0.188. The van der Waals surface area contributed by atoms with Crippen LogP contribution in [0.15, 0.2) is 0 Å². The van der Waals surface area contributed by atoms with Crippen molar-refractivity contribution in [3.8, 4) is 0 Å². The fraction of sp³-hybridized carbons (Fsp3) is 0.962. The quantitative estimate of drug-likeness (QED) is 0.0360. The number of carbonyl (C=O) groups excluding carboxylic acids is 2. The Kier molecular flexibility index (Phi) is 49.6. The predicted molar refractivity (Wildman–Crippen MR) is 257 cm³/mol. The fourth-order valence-electron chi connectivity index (χ4n) is 7.45. The number of esters is 2. The number of carbonyl (C=O) groups is 2. The zero-order valence-electron chi connectivity index (χ0n) is 41.4. The Morgan fingerprint density at radius 1 is 0.371 bits per heavy atom. The lowest BCUT2D eigenvalue weighted by molar-refractivity contribution is -0.149. The summed E-state index contributed by atoms with van der Waals surface area (Å²) in [5, 5.41) is 9.31. The van der Waals surface area contributed by atoms with Crippen molar-refractivity contribution >= 4 is 11.9 Å². The van der Waals surface area contributed by atoms with Gasteiger partial charge in [-0.1, -0.05) is 130 Å². The van der Waals surface area contributed by atoms with Gasteiger partial charge in [-0.3, -0.25) is 9.59 Å². The molecule has 0 saturated carbocycles. The Morgan fingerprint density at radius 2 is 0.677 bits per heavy atom. The molecule has 10 nitrogen and oxygen atoms in total. The maximum Gasteiger partial charge on any atom is 0.305 e. The minimum atomic E-state index is -0.162. The highest BCUT2D eigenvalue weighted by atomic mass is 16.7. The lowest BCUT2D eigenvalue weighted by Gasteiger charge is -2.22. The minimum Gasteiger partial charge on any atom is -0.466 e. The smallest absolute Gasteiger partial charge is 0.305 e. The third-order valence-corrected chi connectivity index (χ3v) is 11.5. The van der Waals surface area contributed by atoms with E-state index in [1.807, 2.05) is 0 Å². The molecule has 0 aliphatic heterocycles. The number of hydrogen-bond donors (Lipinski definition) is 1. The molecule has 0 bridgehead atoms. The van der Waals surface area contributed by atoms with Crippen LogP contribution in [-0.2, 0) is 38.0 Å². The maximum atomic E-state index is 12.4. The number of ether oxygens (including phenoxy) is 6. The van der Waals surface area contributed by atoms with Gasteiger partial charge >= 0.3 is 11.9 Å². The number of unbranched alkanes of at least 4 members (excludes halogenated alkanes) is 21. The SMILES string of the molecule is CCCCCCOC(CCCCC(=O)OCCCCCCN(CCCCO)CCCCCCOC(=O)CCCCC(OCCCCCC)OCCCCCC)OCCCCCC. The van der Waals surface area contributed by atoms with E-state index in [-0.39, 0.29) is 31.1 Å². The maximum absolute atomic E-state index is 12.4. The molecule has 0 rings (SSSR count). The minimum absolute atomic E-state index is 0.0939. The second-order valence-electron chi connectivity index (χ2n) is 17.6. The van der Waals surface area contributed by atoms with Crippen LogP contribution < -0.4 is 0 Å². The lowest BCUT2D eigenvalue weighted by atomic mass is 10.1. The molecule has 0 unspecified atom stereocenters. The van der Waals surface area contributed by atoms with E-state index >= 15 is 0 Å². The van der Waals surface area contributed by atoms with E-state index in [2.05, 4.69) is 32.6 Å². The Morgan fingerprint density at radius 3 is 1.02 bits per heavy atom. The molecule has 0 spiro atoms. The zero-order valence-corrected chi connectivity index (χ0v) is 41.4. The third kappa shape index (κ3) is 45.3. The van der Waals surface area contributed by atoms with E-state index in [4.69, 9.17) is 28.4 Å². The molecule has 0 radical (unpaired) electrons. The van der Waals surface area contributed by atoms with E-state index in [9.17, 15) is 14.7 Å². The number of rotatable bonds is 52. The predicted octanol–water partition coefficient (Wildman–Crippen LogP) is 13.4. The van der Waals surface area contributed by atoms with Gasteiger partial charge in [0.15, 0.2) is 12.6 Å². The topological polar surface area (TPSA) is 113 Å². The van der Waals surface area contributed by atoms with Crippen LogP contribution in [0.1, 0.15) is 246 Å². The molecule has 10 heteroatoms. The summed E-state index contributed by atoms with van der Waals surface area (Å²) in [7, 11) is 0. The van der Waals surface area contributed by atoms with E-state index in [1.165, 1.54) is 77.0 Å². The Bertz CT molecular complexity index is 815. The number of aliphatic hydroxyl groups is 1. The molecule has 0 atom stereocenters. The second-order valence-corrected chi connectivity index (χ2v) is 17.6. The molecule has 370 valence electrons. The normalized spacial score (nSPS) is 11.7. The first kappa shape index (κ1) is 60.7. The molecule has 0 aliphatic carbocycles. The van der Waals surface area contributed by atoms with Gasteiger partial charge in [0.1, 0.15) is 0 Å². The molecular weight excluding hydrogens is 783 g/mol. The highest BCUT2D eigenvalue weighted by Gasteiger charge is 2.13. The molecule has 0 heterocycles. The lowest BCUT2D eigenvalue weighted by Crippen LogP contribution is -2.27. The summed E-state index contributed by atoms with van der Waals surface area (Å²) in [4.78, 5) is 27.3. The van der Waals surface area contributed by atoms with Gasteiger partial charge in [0, 0.05) is 45.9 Å². The largest absolute Gasteiger partial charge is 0.466 e. The summed E-state index contributed by atoms with van der Waals surface area (Å²) in [6.45, 7) is 16.3. The number of nitrogens with zero attached hydrogens (tertiary/aromatic N) is 1. The van der Waals surface area contributed by atoms with Crippen molar-refractivity contribution in [2.24, 2.45) is 0 Å². The van der Waals surface area contributed by atoms with Crippen molar-refractivity contribution in [2.45, 2.75) is 259 Å². The van der Waals surface area contributed by atoms with Crippen LogP contribution in [0, 0.1) is 0 Å². The van der Waals surface area contributed by atoms with Crippen molar-refractivity contribution in [1.29, 1.82) is 0 Å². The van der Waals surface area contributed by atoms with Gasteiger partial charge in [0.05, 0.1) is 13.2 Å². The number of hydrogen-bond acceptors (Lipinski definition) is 10. The molecule has 0 saturated heterocycles. The van der Waals surface area contributed by atoms with Crippen molar-refractivity contribution in [3.63, 3.8) is 0 Å². The molecule has 0 aromatic carbocycles. The molecule has 0 amide bonds. The van der Waals surface area contributed by atoms with Crippen LogP contribution in [0.2, 0.25) is 0 Å². The Hall–Kier alpha value is -1.30. The van der Waals surface area contributed by atoms with Crippen molar-refractivity contribution in [2.75, 3.05) is 65.9 Å². The molecule has 62 heavy (non-hydrogen) atoms. The van der Waals surface area contributed by atoms with Crippen LogP contribution in [0.4, 0.5) is 0 Å². The Balaban J connectivity index is 4.12. The fourth-order valence-corrected chi connectivity index (χ4v) is 7.45. The average molecular weight is 886 g/mol. The first-order valence-corrected chi connectivity index (χ1v) is 26.6. The standard InChI is InChI=1S/C52H103NO9/c1-5-9-13-29-45-59-51(60-46-30-14-10-6-2)37-23-21-35-49(55)57-43-33-19-17-25-39-53(41-27-28-42-54)40-26-18-20-34-44-58-50(56)36-22-24-38-52(61-47-31-15-11-7-3)62-48-32-16-12-8-4/h51-52,54H,5-48H2,1-4H3. The van der Waals surface area contributed by atoms with E-state index in [0.717, 1.165) is 174 Å². The summed E-state index contributed by atoms with van der Waals surface area (Å²) < 4.78 is 35.4. The van der Waals surface area contributed by atoms with Crippen LogP contribution in [0.5, 0.6) is 0 Å². The summed E-state index contributed by atoms with van der Waals surface area (Å²) in [6.07, 6.45) is 35.0. The van der Waals surface area contributed by atoms with Crippen LogP contribution in [0.3, 0.4) is 0 Å². The van der Waals surface area contributed by atoms with Gasteiger partial charge in [-0.15, -0.1) is 0 Å². The van der Waals surface area contributed by atoms with Crippen LogP contribution >= 0.6 is 0 Å². The van der Waals surface area contributed by atoms with Gasteiger partial charge in [0.2, 0.25) is 0 Å². The molecule has 0 aromatic rings. The summed E-state index contributed by atoms with van der Waals surface area (Å²) in [6, 6.07) is 0. The zero-order chi connectivity index (χ0) is 45.2. The van der Waals surface area contributed by atoms with Crippen LogP contribution in [0.25, 0.3) is 0 Å². The first-order valence-electron chi connectivity index (χ1n) is 26.6. The molecule has 0 aliphatic rings. The summed E-state index contributed by atoms with van der Waals surface area (Å²) in [5.41, 5.74) is 0. The highest BCUT2D eigenvalue weighted by Crippen LogP contribution is 2.15. The number of aliphatic hydroxyl groups excluding tert-OH is 1. The van der Waals surface area contributed by atoms with Gasteiger partial charge in [-0.2, -0.15) is 0 Å². The van der Waals surface area contributed by atoms with Gasteiger partial charge < -0.3 is 38.4 Å². The highest BCUT2D eigenvalue weighted by molar-refractivity contribution is 5.69. The van der Waals surface area contributed by atoms with Gasteiger partial charge in [0.25, 0.3) is 0 Å². The molecule has 0 aromatic heterocycles. The Labute approximate surface area is 383 Å². The van der Waals surface area contributed by atoms with Gasteiger partial charge in [-0.25, -0.2) is 0 Å². The van der Waals surface area contributed by atoms with E-state index < -0.39 is 0 Å².